The quantitative estimate of drug-likeness (QED) is 0.217. The summed E-state index contributed by atoms with van der Waals surface area (Å²) >= 11 is 11.9. The molecule has 1 aromatic carbocycles. The van der Waals surface area contributed by atoms with Gasteiger partial charge in [0.15, 0.2) is 11.9 Å². The fourth-order valence-corrected chi connectivity index (χ4v) is 2.94. The van der Waals surface area contributed by atoms with E-state index < -0.39 is 0 Å². The molecule has 0 aliphatic rings. The van der Waals surface area contributed by atoms with Gasteiger partial charge in [-0.3, -0.25) is 10.3 Å². The molecule has 6 nitrogen and oxygen atoms in total. The molecule has 5 N–H and O–H groups in total. The number of halogens is 4. The number of guanidine groups is 2. The van der Waals surface area contributed by atoms with Gasteiger partial charge >= 0.3 is 0 Å². The van der Waals surface area contributed by atoms with Crippen LogP contribution < -0.4 is 16.8 Å². The number of nitrogens with zero attached hydrogens (tertiary/aromatic N) is 3. The van der Waals surface area contributed by atoms with Gasteiger partial charge in [-0.25, -0.2) is 4.99 Å². The minimum atomic E-state index is 0. The number of nitrogens with one attached hydrogen (secondary N) is 1. The van der Waals surface area contributed by atoms with Gasteiger partial charge in [0, 0.05) is 6.54 Å². The first-order valence-electron chi connectivity index (χ1n) is 9.99. The van der Waals surface area contributed by atoms with Crippen LogP contribution in [0.4, 0.5) is 0 Å². The molecular formula is C20H36Cl4N6. The number of unbranched alkanes of at least 4 members (excludes halogenated alkanes) is 2. The van der Waals surface area contributed by atoms with E-state index in [1.165, 1.54) is 25.7 Å². The predicted molar refractivity (Wildman–Crippen MR) is 137 cm³/mol. The highest BCUT2D eigenvalue weighted by atomic mass is 35.5. The van der Waals surface area contributed by atoms with E-state index in [9.17, 15) is 0 Å². The minimum Gasteiger partial charge on any atom is -0.370 e. The summed E-state index contributed by atoms with van der Waals surface area (Å²) in [6.45, 7) is 8.84. The Hall–Kier alpha value is -0.920. The molecule has 0 bridgehead atoms. The summed E-state index contributed by atoms with van der Waals surface area (Å²) in [6.07, 6.45) is 5.89. The lowest BCUT2D eigenvalue weighted by molar-refractivity contribution is 0.263. The minimum absolute atomic E-state index is 0. The maximum absolute atomic E-state index is 5.99. The number of hydrogen-bond acceptors (Lipinski definition) is 3. The molecule has 0 saturated carbocycles. The van der Waals surface area contributed by atoms with Gasteiger partial charge in [-0.1, -0.05) is 56.0 Å². The van der Waals surface area contributed by atoms with Gasteiger partial charge in [0.2, 0.25) is 0 Å². The van der Waals surface area contributed by atoms with Crippen LogP contribution in [-0.4, -0.2) is 43.0 Å². The van der Waals surface area contributed by atoms with E-state index in [-0.39, 0.29) is 36.7 Å². The summed E-state index contributed by atoms with van der Waals surface area (Å²) in [5, 5.41) is 3.82. The molecule has 0 aliphatic heterocycles. The van der Waals surface area contributed by atoms with E-state index in [1.54, 1.807) is 12.1 Å². The number of hydrogen-bond donors (Lipinski definition) is 3. The van der Waals surface area contributed by atoms with Crippen molar-refractivity contribution >= 4 is 59.9 Å². The molecule has 0 saturated heterocycles. The highest BCUT2D eigenvalue weighted by molar-refractivity contribution is 6.42. The molecule has 0 heterocycles. The second kappa shape index (κ2) is 18.8. The van der Waals surface area contributed by atoms with Crippen molar-refractivity contribution in [3.05, 3.63) is 33.8 Å². The predicted octanol–water partition coefficient (Wildman–Crippen LogP) is 4.85. The Kier molecular flexibility index (Phi) is 19.6. The van der Waals surface area contributed by atoms with Crippen molar-refractivity contribution in [1.29, 1.82) is 0 Å². The largest absolute Gasteiger partial charge is 0.370 e. The standard InChI is InChI=1S/C20H34Cl2N6.2ClH/c1-3-5-11-28(12-6-4-2)13-7-10-25-19(23)27-20(24)26-15-16-8-9-17(21)18(22)14-16;;/h8-9,14H,3-7,10-13,15H2,1-2H3,(H5,23,24,25,26,27);2*1H. The lowest BCUT2D eigenvalue weighted by Crippen LogP contribution is -2.41. The Balaban J connectivity index is 0. The number of nitrogens with two attached hydrogens (primary N) is 2. The SMILES string of the molecule is CCCCN(CCCC)CCCN=C(N)NC(N)=NCc1ccc(Cl)c(Cl)c1.Cl.Cl. The highest BCUT2D eigenvalue weighted by Crippen LogP contribution is 2.22. The van der Waals surface area contributed by atoms with Crippen LogP contribution in [0.5, 0.6) is 0 Å². The first-order valence-corrected chi connectivity index (χ1v) is 10.7. The van der Waals surface area contributed by atoms with Crippen LogP contribution in [-0.2, 0) is 6.54 Å². The first kappa shape index (κ1) is 31.3. The Bertz CT molecular complexity index is 632. The van der Waals surface area contributed by atoms with Crippen LogP contribution in [0, 0.1) is 0 Å². The van der Waals surface area contributed by atoms with Gasteiger partial charge in [0.05, 0.1) is 16.6 Å². The lowest BCUT2D eigenvalue weighted by Gasteiger charge is -2.21. The Morgan fingerprint density at radius 1 is 0.900 bits per heavy atom. The molecule has 0 aromatic heterocycles. The first-order chi connectivity index (χ1) is 13.5. The highest BCUT2D eigenvalue weighted by Gasteiger charge is 2.04. The second-order valence-corrected chi connectivity index (χ2v) is 7.56. The fraction of sp³-hybridized carbons (Fsp3) is 0.600. The van der Waals surface area contributed by atoms with Crippen molar-refractivity contribution < 1.29 is 0 Å². The topological polar surface area (TPSA) is 92.0 Å². The van der Waals surface area contributed by atoms with Gasteiger partial charge in [0.25, 0.3) is 0 Å². The van der Waals surface area contributed by atoms with Gasteiger partial charge < -0.3 is 16.4 Å². The zero-order valence-corrected chi connectivity index (χ0v) is 21.0. The van der Waals surface area contributed by atoms with Crippen LogP contribution in [0.1, 0.15) is 51.5 Å². The van der Waals surface area contributed by atoms with Crippen molar-refractivity contribution in [3.8, 4) is 0 Å². The molecule has 1 rings (SSSR count). The summed E-state index contributed by atoms with van der Waals surface area (Å²) in [5.74, 6) is 0.504. The van der Waals surface area contributed by atoms with Crippen molar-refractivity contribution in [2.75, 3.05) is 26.2 Å². The number of aliphatic imine (C=N–C) groups is 2. The summed E-state index contributed by atoms with van der Waals surface area (Å²) in [5.41, 5.74) is 12.7. The lowest BCUT2D eigenvalue weighted by atomic mass is 10.2. The molecule has 0 radical (unpaired) electrons. The fourth-order valence-electron chi connectivity index (χ4n) is 2.62. The average molecular weight is 502 g/mol. The van der Waals surface area contributed by atoms with Crippen LogP contribution in [0.15, 0.2) is 28.2 Å². The van der Waals surface area contributed by atoms with Crippen LogP contribution >= 0.6 is 48.0 Å². The van der Waals surface area contributed by atoms with E-state index in [1.807, 2.05) is 6.07 Å². The summed E-state index contributed by atoms with van der Waals surface area (Å²) in [4.78, 5) is 11.1. The number of benzene rings is 1. The molecule has 0 aliphatic carbocycles. The molecule has 0 amide bonds. The van der Waals surface area contributed by atoms with Crippen molar-refractivity contribution in [1.82, 2.24) is 10.2 Å². The molecule has 0 spiro atoms. The Labute approximate surface area is 203 Å². The van der Waals surface area contributed by atoms with Crippen LogP contribution in [0.3, 0.4) is 0 Å². The van der Waals surface area contributed by atoms with E-state index in [2.05, 4.69) is 34.0 Å². The maximum atomic E-state index is 5.99. The average Bonchev–Trinajstić information content (AvgIpc) is 2.67. The van der Waals surface area contributed by atoms with Gasteiger partial charge in [-0.2, -0.15) is 0 Å². The third-order valence-electron chi connectivity index (χ3n) is 4.24. The van der Waals surface area contributed by atoms with E-state index in [4.69, 9.17) is 34.7 Å². The molecule has 0 atom stereocenters. The van der Waals surface area contributed by atoms with Gasteiger partial charge in [-0.05, 0) is 56.6 Å². The molecule has 0 unspecified atom stereocenters. The molecule has 30 heavy (non-hydrogen) atoms. The van der Waals surface area contributed by atoms with Gasteiger partial charge in [0.1, 0.15) is 0 Å². The van der Waals surface area contributed by atoms with E-state index >= 15 is 0 Å². The van der Waals surface area contributed by atoms with Crippen LogP contribution in [0.2, 0.25) is 10.0 Å². The molecular weight excluding hydrogens is 466 g/mol. The number of rotatable bonds is 12. The van der Waals surface area contributed by atoms with Crippen molar-refractivity contribution in [3.63, 3.8) is 0 Å². The second-order valence-electron chi connectivity index (χ2n) is 6.74. The summed E-state index contributed by atoms with van der Waals surface area (Å²) in [7, 11) is 0. The molecule has 174 valence electrons. The van der Waals surface area contributed by atoms with Crippen molar-refractivity contribution in [2.24, 2.45) is 21.5 Å². The van der Waals surface area contributed by atoms with E-state index in [0.717, 1.165) is 31.6 Å². The Morgan fingerprint density at radius 3 is 2.03 bits per heavy atom. The zero-order valence-electron chi connectivity index (χ0n) is 17.9. The Morgan fingerprint density at radius 2 is 1.47 bits per heavy atom. The van der Waals surface area contributed by atoms with Crippen molar-refractivity contribution in [2.45, 2.75) is 52.5 Å². The smallest absolute Gasteiger partial charge is 0.195 e. The summed E-state index contributed by atoms with van der Waals surface area (Å²) < 4.78 is 0. The third-order valence-corrected chi connectivity index (χ3v) is 4.98. The summed E-state index contributed by atoms with van der Waals surface area (Å²) in [6, 6.07) is 5.35. The monoisotopic (exact) mass is 500 g/mol. The molecule has 0 fully saturated rings. The molecule has 1 aromatic rings. The third kappa shape index (κ3) is 14.1. The van der Waals surface area contributed by atoms with Gasteiger partial charge in [-0.15, -0.1) is 24.8 Å². The zero-order chi connectivity index (χ0) is 20.8. The maximum Gasteiger partial charge on any atom is 0.195 e. The normalized spacial score (nSPS) is 11.8. The van der Waals surface area contributed by atoms with E-state index in [0.29, 0.717) is 23.1 Å². The van der Waals surface area contributed by atoms with Crippen LogP contribution in [0.25, 0.3) is 0 Å². The molecule has 10 heteroatoms.